The van der Waals surface area contributed by atoms with Crippen molar-refractivity contribution in [2.75, 3.05) is 20.3 Å². The van der Waals surface area contributed by atoms with E-state index in [1.54, 1.807) is 24.3 Å². The Kier molecular flexibility index (Phi) is 4.99. The molecule has 1 amide bonds. The van der Waals surface area contributed by atoms with Gasteiger partial charge in [0.15, 0.2) is 11.4 Å². The fraction of sp³-hybridized carbons (Fsp3) is 0.353. The van der Waals surface area contributed by atoms with Crippen LogP contribution in [0.3, 0.4) is 0 Å². The fourth-order valence-corrected chi connectivity index (χ4v) is 2.68. The van der Waals surface area contributed by atoms with Gasteiger partial charge in [0.05, 0.1) is 13.2 Å². The summed E-state index contributed by atoms with van der Waals surface area (Å²) in [5, 5.41) is 16.6. The monoisotopic (exact) mass is 345 g/mol. The molecule has 1 aliphatic heterocycles. The zero-order valence-corrected chi connectivity index (χ0v) is 13.8. The lowest BCUT2D eigenvalue weighted by Crippen LogP contribution is -2.34. The topological polar surface area (TPSA) is 103 Å². The number of nitrogens with zero attached hydrogens (tertiary/aromatic N) is 2. The Labute approximate surface area is 144 Å². The van der Waals surface area contributed by atoms with Gasteiger partial charge in [-0.05, 0) is 25.0 Å². The number of hydrogen-bond donors (Lipinski definition) is 2. The number of aromatic nitrogens is 2. The molecular weight excluding hydrogens is 326 g/mol. The first-order chi connectivity index (χ1) is 12.1. The molecule has 0 spiro atoms. The van der Waals surface area contributed by atoms with E-state index in [4.69, 9.17) is 9.47 Å². The second kappa shape index (κ2) is 7.35. The molecule has 1 unspecified atom stereocenters. The number of aromatic hydroxyl groups is 1. The normalized spacial score (nSPS) is 16.6. The molecule has 8 heteroatoms. The van der Waals surface area contributed by atoms with Crippen molar-refractivity contribution in [1.29, 1.82) is 0 Å². The van der Waals surface area contributed by atoms with Gasteiger partial charge >= 0.3 is 0 Å². The summed E-state index contributed by atoms with van der Waals surface area (Å²) in [5.41, 5.74) is -0.427. The minimum atomic E-state index is -0.573. The first-order valence-electron chi connectivity index (χ1n) is 7.96. The third-order valence-electron chi connectivity index (χ3n) is 3.95. The maximum absolute atomic E-state index is 12.3. The first-order valence-corrected chi connectivity index (χ1v) is 7.96. The van der Waals surface area contributed by atoms with E-state index in [9.17, 15) is 14.7 Å². The Morgan fingerprint density at radius 3 is 3.00 bits per heavy atom. The summed E-state index contributed by atoms with van der Waals surface area (Å²) in [6.07, 6.45) is 1.80. The van der Waals surface area contributed by atoms with Crippen molar-refractivity contribution in [2.45, 2.75) is 18.9 Å². The molecule has 1 aliphatic rings. The highest BCUT2D eigenvalue weighted by molar-refractivity contribution is 5.94. The minimum Gasteiger partial charge on any atom is -0.505 e. The number of carbonyl (C=O) groups excluding carboxylic acids is 1. The number of hydrogen-bond acceptors (Lipinski definition) is 6. The summed E-state index contributed by atoms with van der Waals surface area (Å²) in [5.74, 6) is -0.619. The predicted octanol–water partition coefficient (Wildman–Crippen LogP) is 0.855. The van der Waals surface area contributed by atoms with Crippen LogP contribution in [0.5, 0.6) is 11.5 Å². The lowest BCUT2D eigenvalue weighted by molar-refractivity contribution is 0.0849. The van der Waals surface area contributed by atoms with Crippen molar-refractivity contribution < 1.29 is 19.4 Å². The number of amides is 1. The summed E-state index contributed by atoms with van der Waals surface area (Å²) in [6.45, 7) is 1.01. The second-order valence-corrected chi connectivity index (χ2v) is 5.65. The number of carbonyl (C=O) groups is 1. The van der Waals surface area contributed by atoms with Gasteiger partial charge in [0.1, 0.15) is 11.4 Å². The quantitative estimate of drug-likeness (QED) is 0.833. The number of benzene rings is 1. The summed E-state index contributed by atoms with van der Waals surface area (Å²) in [4.78, 5) is 24.5. The third kappa shape index (κ3) is 3.63. The number of methoxy groups -OCH3 is 1. The lowest BCUT2D eigenvalue weighted by atomic mass is 10.2. The van der Waals surface area contributed by atoms with Gasteiger partial charge in [-0.3, -0.25) is 9.59 Å². The predicted molar refractivity (Wildman–Crippen MR) is 89.4 cm³/mol. The molecule has 1 atom stereocenters. The maximum atomic E-state index is 12.3. The van der Waals surface area contributed by atoms with Crippen molar-refractivity contribution in [3.63, 3.8) is 0 Å². The summed E-state index contributed by atoms with van der Waals surface area (Å²) in [7, 11) is 1.47. The molecule has 0 bridgehead atoms. The van der Waals surface area contributed by atoms with Gasteiger partial charge in [-0.1, -0.05) is 12.1 Å². The van der Waals surface area contributed by atoms with Crippen LogP contribution < -0.4 is 15.6 Å². The van der Waals surface area contributed by atoms with E-state index in [2.05, 4.69) is 10.4 Å². The van der Waals surface area contributed by atoms with Crippen LogP contribution in [-0.4, -0.2) is 47.2 Å². The molecule has 3 rings (SSSR count). The molecular formula is C17H19N3O5. The van der Waals surface area contributed by atoms with Gasteiger partial charge in [-0.2, -0.15) is 9.78 Å². The Hall–Kier alpha value is -2.87. The largest absolute Gasteiger partial charge is 0.505 e. The Morgan fingerprint density at radius 2 is 2.28 bits per heavy atom. The summed E-state index contributed by atoms with van der Waals surface area (Å²) < 4.78 is 11.7. The average Bonchev–Trinajstić information content (AvgIpc) is 3.13. The zero-order chi connectivity index (χ0) is 17.8. The van der Waals surface area contributed by atoms with Crippen LogP contribution in [-0.2, 0) is 4.74 Å². The van der Waals surface area contributed by atoms with Gasteiger partial charge in [-0.25, -0.2) is 0 Å². The summed E-state index contributed by atoms with van der Waals surface area (Å²) in [6, 6.07) is 7.74. The molecule has 0 saturated carbocycles. The van der Waals surface area contributed by atoms with Crippen LogP contribution in [0.2, 0.25) is 0 Å². The number of nitrogens with one attached hydrogen (secondary N) is 1. The molecule has 2 heterocycles. The molecule has 1 aromatic carbocycles. The van der Waals surface area contributed by atoms with Crippen molar-refractivity contribution in [1.82, 2.24) is 15.1 Å². The first kappa shape index (κ1) is 17.0. The molecule has 1 fully saturated rings. The molecule has 132 valence electrons. The van der Waals surface area contributed by atoms with Gasteiger partial charge in [0.2, 0.25) is 0 Å². The highest BCUT2D eigenvalue weighted by Crippen LogP contribution is 2.21. The SMILES string of the molecule is COc1ccccc1-n1nc(C(=O)NCC2CCCO2)c(O)cc1=O. The van der Waals surface area contributed by atoms with Crippen LogP contribution in [0.15, 0.2) is 35.1 Å². The van der Waals surface area contributed by atoms with Crippen molar-refractivity contribution >= 4 is 5.91 Å². The molecule has 0 aliphatic carbocycles. The molecule has 0 radical (unpaired) electrons. The Balaban J connectivity index is 1.90. The van der Waals surface area contributed by atoms with E-state index in [0.29, 0.717) is 24.6 Å². The van der Waals surface area contributed by atoms with E-state index in [1.165, 1.54) is 7.11 Å². The van der Waals surface area contributed by atoms with E-state index in [0.717, 1.165) is 23.6 Å². The summed E-state index contributed by atoms with van der Waals surface area (Å²) >= 11 is 0. The number of rotatable bonds is 5. The number of para-hydroxylation sites is 2. The van der Waals surface area contributed by atoms with Gasteiger partial charge in [0, 0.05) is 19.2 Å². The van der Waals surface area contributed by atoms with Crippen LogP contribution >= 0.6 is 0 Å². The Morgan fingerprint density at radius 1 is 1.48 bits per heavy atom. The van der Waals surface area contributed by atoms with Crippen LogP contribution in [0.4, 0.5) is 0 Å². The molecule has 2 aromatic rings. The highest BCUT2D eigenvalue weighted by atomic mass is 16.5. The van der Waals surface area contributed by atoms with Crippen molar-refractivity contribution in [2.24, 2.45) is 0 Å². The van der Waals surface area contributed by atoms with Crippen LogP contribution in [0.1, 0.15) is 23.3 Å². The van der Waals surface area contributed by atoms with Gasteiger partial charge in [-0.15, -0.1) is 0 Å². The fourth-order valence-electron chi connectivity index (χ4n) is 2.68. The van der Waals surface area contributed by atoms with E-state index in [1.807, 2.05) is 0 Å². The number of ether oxygens (including phenoxy) is 2. The molecule has 2 N–H and O–H groups in total. The average molecular weight is 345 g/mol. The van der Waals surface area contributed by atoms with E-state index >= 15 is 0 Å². The van der Waals surface area contributed by atoms with Crippen molar-refractivity contribution in [3.8, 4) is 17.2 Å². The van der Waals surface area contributed by atoms with E-state index < -0.39 is 17.2 Å². The smallest absolute Gasteiger partial charge is 0.275 e. The molecule has 1 saturated heterocycles. The highest BCUT2D eigenvalue weighted by Gasteiger charge is 2.21. The van der Waals surface area contributed by atoms with E-state index in [-0.39, 0.29) is 11.8 Å². The Bertz CT molecular complexity index is 827. The minimum absolute atomic E-state index is 0.0359. The third-order valence-corrected chi connectivity index (χ3v) is 3.95. The van der Waals surface area contributed by atoms with Gasteiger partial charge in [0.25, 0.3) is 11.5 Å². The van der Waals surface area contributed by atoms with Crippen molar-refractivity contribution in [3.05, 3.63) is 46.4 Å². The molecule has 1 aromatic heterocycles. The maximum Gasteiger partial charge on any atom is 0.275 e. The van der Waals surface area contributed by atoms with Crippen LogP contribution in [0.25, 0.3) is 5.69 Å². The second-order valence-electron chi connectivity index (χ2n) is 5.65. The van der Waals surface area contributed by atoms with Gasteiger partial charge < -0.3 is 19.9 Å². The lowest BCUT2D eigenvalue weighted by Gasteiger charge is -2.13. The molecule has 25 heavy (non-hydrogen) atoms. The van der Waals surface area contributed by atoms with Crippen LogP contribution in [0, 0.1) is 0 Å². The molecule has 8 nitrogen and oxygen atoms in total. The zero-order valence-electron chi connectivity index (χ0n) is 13.8. The standard InChI is InChI=1S/C17H19N3O5/c1-24-14-7-3-2-6-12(14)20-15(22)9-13(21)16(19-20)17(23)18-10-11-5-4-8-25-11/h2-3,6-7,9,11,21H,4-5,8,10H2,1H3,(H,18,23).